The van der Waals surface area contributed by atoms with Crippen molar-refractivity contribution in [3.63, 3.8) is 0 Å². The van der Waals surface area contributed by atoms with Gasteiger partial charge in [0.05, 0.1) is 0 Å². The Kier molecular flexibility index (Phi) is 18.0. The van der Waals surface area contributed by atoms with Crippen LogP contribution in [0.4, 0.5) is 0 Å². The second-order valence-corrected chi connectivity index (χ2v) is 6.84. The van der Waals surface area contributed by atoms with Gasteiger partial charge in [0.1, 0.15) is 0 Å². The fourth-order valence-electron chi connectivity index (χ4n) is 3.45. The summed E-state index contributed by atoms with van der Waals surface area (Å²) < 4.78 is 18.2. The number of nitrogens with one attached hydrogen (secondary N) is 1. The summed E-state index contributed by atoms with van der Waals surface area (Å²) in [7, 11) is 0. The molecule has 0 heterocycles. The van der Waals surface area contributed by atoms with E-state index in [1.807, 2.05) is 20.8 Å². The quantitative estimate of drug-likeness (QED) is 0.243. The zero-order valence-corrected chi connectivity index (χ0v) is 18.0. The normalized spacial score (nSPS) is 13.3. The molecule has 0 spiro atoms. The first-order valence-electron chi connectivity index (χ1n) is 11.0. The SMILES string of the molecule is CCCCCCCC[C@H](CCCNCCN)C(OCC)(OCC)OCC. The van der Waals surface area contributed by atoms with Gasteiger partial charge in [-0.25, -0.2) is 0 Å². The fraction of sp³-hybridized carbons (Fsp3) is 1.00. The highest BCUT2D eigenvalue weighted by Crippen LogP contribution is 2.34. The maximum Gasteiger partial charge on any atom is 0.285 e. The van der Waals surface area contributed by atoms with E-state index in [1.165, 1.54) is 38.5 Å². The van der Waals surface area contributed by atoms with Crippen molar-refractivity contribution in [1.29, 1.82) is 0 Å². The minimum absolute atomic E-state index is 0.258. The molecule has 0 fully saturated rings. The molecule has 0 amide bonds. The Labute approximate surface area is 162 Å². The van der Waals surface area contributed by atoms with Gasteiger partial charge in [-0.3, -0.25) is 0 Å². The molecular formula is C21H46N2O3. The molecule has 3 N–H and O–H groups in total. The number of ether oxygens (including phenoxy) is 3. The van der Waals surface area contributed by atoms with E-state index in [1.54, 1.807) is 0 Å². The van der Waals surface area contributed by atoms with Crippen LogP contribution in [0.3, 0.4) is 0 Å². The third kappa shape index (κ3) is 11.5. The number of hydrogen-bond donors (Lipinski definition) is 2. The lowest BCUT2D eigenvalue weighted by Crippen LogP contribution is -2.47. The summed E-state index contributed by atoms with van der Waals surface area (Å²) in [5, 5.41) is 3.38. The largest absolute Gasteiger partial charge is 0.329 e. The first kappa shape index (κ1) is 25.8. The van der Waals surface area contributed by atoms with Crippen molar-refractivity contribution in [2.24, 2.45) is 11.7 Å². The van der Waals surface area contributed by atoms with E-state index in [0.717, 1.165) is 32.4 Å². The van der Waals surface area contributed by atoms with E-state index in [4.69, 9.17) is 19.9 Å². The summed E-state index contributed by atoms with van der Waals surface area (Å²) in [5.74, 6) is -0.636. The van der Waals surface area contributed by atoms with Crippen molar-refractivity contribution in [1.82, 2.24) is 5.32 Å². The van der Waals surface area contributed by atoms with Crippen LogP contribution in [0.5, 0.6) is 0 Å². The maximum atomic E-state index is 6.06. The molecule has 0 aromatic rings. The van der Waals surface area contributed by atoms with E-state index in [9.17, 15) is 0 Å². The lowest BCUT2D eigenvalue weighted by Gasteiger charge is -2.39. The van der Waals surface area contributed by atoms with Gasteiger partial charge in [-0.15, -0.1) is 0 Å². The van der Waals surface area contributed by atoms with Gasteiger partial charge in [0, 0.05) is 38.8 Å². The Morgan fingerprint density at radius 2 is 1.27 bits per heavy atom. The predicted octanol–water partition coefficient (Wildman–Crippen LogP) is 4.45. The standard InChI is InChI=1S/C21H46N2O3/c1-5-9-10-11-12-13-15-20(16-14-18-23-19-17-22)21(24-6-2,25-7-3)26-8-4/h20,23H,5-19,22H2,1-4H3/t20-/m1/s1. The molecule has 158 valence electrons. The van der Waals surface area contributed by atoms with Crippen molar-refractivity contribution >= 4 is 0 Å². The Morgan fingerprint density at radius 3 is 1.81 bits per heavy atom. The van der Waals surface area contributed by atoms with Crippen LogP contribution in [-0.2, 0) is 14.2 Å². The topological polar surface area (TPSA) is 65.7 Å². The number of nitrogens with two attached hydrogens (primary N) is 1. The molecular weight excluding hydrogens is 328 g/mol. The van der Waals surface area contributed by atoms with E-state index >= 15 is 0 Å². The Morgan fingerprint density at radius 1 is 0.731 bits per heavy atom. The fourth-order valence-corrected chi connectivity index (χ4v) is 3.45. The summed E-state index contributed by atoms with van der Waals surface area (Å²) in [6.07, 6.45) is 11.0. The molecule has 0 saturated carbocycles. The monoisotopic (exact) mass is 374 g/mol. The van der Waals surface area contributed by atoms with E-state index in [0.29, 0.717) is 26.4 Å². The highest BCUT2D eigenvalue weighted by atomic mass is 16.9. The molecule has 0 bridgehead atoms. The summed E-state index contributed by atoms with van der Waals surface area (Å²) in [6, 6.07) is 0. The molecule has 0 saturated heterocycles. The van der Waals surface area contributed by atoms with Gasteiger partial charge in [0.25, 0.3) is 5.97 Å². The Hall–Kier alpha value is -0.200. The number of rotatable bonds is 20. The molecule has 0 aliphatic heterocycles. The smallest absolute Gasteiger partial charge is 0.285 e. The average molecular weight is 375 g/mol. The molecule has 0 rings (SSSR count). The molecule has 5 heteroatoms. The van der Waals surface area contributed by atoms with Crippen LogP contribution in [0.2, 0.25) is 0 Å². The van der Waals surface area contributed by atoms with Crippen molar-refractivity contribution in [2.75, 3.05) is 39.5 Å². The van der Waals surface area contributed by atoms with Crippen LogP contribution in [0.15, 0.2) is 0 Å². The lowest BCUT2D eigenvalue weighted by molar-refractivity contribution is -0.403. The van der Waals surface area contributed by atoms with Gasteiger partial charge in [0.15, 0.2) is 0 Å². The minimum Gasteiger partial charge on any atom is -0.329 e. The molecule has 26 heavy (non-hydrogen) atoms. The summed E-state index contributed by atoms with van der Waals surface area (Å²) in [6.45, 7) is 12.6. The van der Waals surface area contributed by atoms with Crippen LogP contribution in [0.1, 0.15) is 85.5 Å². The average Bonchev–Trinajstić information content (AvgIpc) is 2.63. The first-order valence-corrected chi connectivity index (χ1v) is 11.0. The van der Waals surface area contributed by atoms with Crippen LogP contribution in [0.25, 0.3) is 0 Å². The molecule has 0 aliphatic rings. The van der Waals surface area contributed by atoms with Crippen molar-refractivity contribution in [2.45, 2.75) is 91.5 Å². The summed E-state index contributed by atoms with van der Waals surface area (Å²) in [5.41, 5.74) is 5.55. The Bertz CT molecular complexity index is 273. The maximum absolute atomic E-state index is 6.06. The van der Waals surface area contributed by atoms with Gasteiger partial charge >= 0.3 is 0 Å². The molecule has 0 radical (unpaired) electrons. The van der Waals surface area contributed by atoms with Gasteiger partial charge in [0.2, 0.25) is 0 Å². The third-order valence-electron chi connectivity index (χ3n) is 4.67. The van der Waals surface area contributed by atoms with Crippen LogP contribution in [-0.4, -0.2) is 45.4 Å². The lowest BCUT2D eigenvalue weighted by atomic mass is 9.92. The number of unbranched alkanes of at least 4 members (excludes halogenated alkanes) is 5. The number of hydrogen-bond acceptors (Lipinski definition) is 5. The Balaban J connectivity index is 4.74. The molecule has 0 aromatic carbocycles. The molecule has 0 unspecified atom stereocenters. The molecule has 0 aromatic heterocycles. The zero-order chi connectivity index (χ0) is 19.5. The van der Waals surface area contributed by atoms with Crippen molar-refractivity contribution < 1.29 is 14.2 Å². The first-order chi connectivity index (χ1) is 12.7. The van der Waals surface area contributed by atoms with Gasteiger partial charge in [-0.2, -0.15) is 0 Å². The predicted molar refractivity (Wildman–Crippen MR) is 110 cm³/mol. The second kappa shape index (κ2) is 18.2. The van der Waals surface area contributed by atoms with E-state index in [2.05, 4.69) is 12.2 Å². The highest BCUT2D eigenvalue weighted by molar-refractivity contribution is 4.73. The van der Waals surface area contributed by atoms with Gasteiger partial charge < -0.3 is 25.3 Å². The minimum atomic E-state index is -0.893. The van der Waals surface area contributed by atoms with Crippen LogP contribution < -0.4 is 11.1 Å². The van der Waals surface area contributed by atoms with Crippen LogP contribution >= 0.6 is 0 Å². The molecule has 5 nitrogen and oxygen atoms in total. The summed E-state index contributed by atoms with van der Waals surface area (Å²) in [4.78, 5) is 0. The zero-order valence-electron chi connectivity index (χ0n) is 18.0. The van der Waals surface area contributed by atoms with Crippen molar-refractivity contribution in [3.8, 4) is 0 Å². The van der Waals surface area contributed by atoms with E-state index in [-0.39, 0.29) is 5.92 Å². The van der Waals surface area contributed by atoms with Crippen molar-refractivity contribution in [3.05, 3.63) is 0 Å². The highest BCUT2D eigenvalue weighted by Gasteiger charge is 2.41. The van der Waals surface area contributed by atoms with Crippen LogP contribution in [0, 0.1) is 5.92 Å². The molecule has 0 aliphatic carbocycles. The van der Waals surface area contributed by atoms with Gasteiger partial charge in [-0.05, 0) is 46.6 Å². The third-order valence-corrected chi connectivity index (χ3v) is 4.67. The summed E-state index contributed by atoms with van der Waals surface area (Å²) >= 11 is 0. The molecule has 1 atom stereocenters. The van der Waals surface area contributed by atoms with Gasteiger partial charge in [-0.1, -0.05) is 45.4 Å². The second-order valence-electron chi connectivity index (χ2n) is 6.84. The van der Waals surface area contributed by atoms with E-state index < -0.39 is 5.97 Å².